The lowest BCUT2D eigenvalue weighted by Crippen LogP contribution is -2.26. The zero-order chi connectivity index (χ0) is 17.4. The van der Waals surface area contributed by atoms with Gasteiger partial charge in [0.2, 0.25) is 15.9 Å². The smallest absolute Gasteiger partial charge is 0.233 e. The first-order valence-electron chi connectivity index (χ1n) is 7.23. The lowest BCUT2D eigenvalue weighted by atomic mass is 10.2. The van der Waals surface area contributed by atoms with E-state index in [0.29, 0.717) is 10.7 Å². The summed E-state index contributed by atoms with van der Waals surface area (Å²) in [6.45, 7) is 0.00780. The number of rotatable bonds is 7. The Bertz CT molecular complexity index is 821. The number of sulfonamides is 1. The minimum absolute atomic E-state index is 0.00780. The molecule has 0 unspecified atom stereocenters. The Morgan fingerprint density at radius 3 is 2.54 bits per heavy atom. The van der Waals surface area contributed by atoms with E-state index in [1.165, 1.54) is 6.08 Å². The molecule has 0 bridgehead atoms. The number of hydrogen-bond acceptors (Lipinski definition) is 3. The summed E-state index contributed by atoms with van der Waals surface area (Å²) in [5.41, 5.74) is 1.35. The van der Waals surface area contributed by atoms with Crippen LogP contribution in [-0.2, 0) is 14.8 Å². The molecular formula is C17H17ClN2O3S. The number of benzene rings is 2. The van der Waals surface area contributed by atoms with Crippen LogP contribution >= 0.6 is 11.6 Å². The molecule has 0 atom stereocenters. The summed E-state index contributed by atoms with van der Waals surface area (Å²) in [6.07, 6.45) is 1.51. The van der Waals surface area contributed by atoms with Gasteiger partial charge in [-0.1, -0.05) is 48.0 Å². The zero-order valence-electron chi connectivity index (χ0n) is 12.8. The van der Waals surface area contributed by atoms with Crippen LogP contribution in [0, 0.1) is 0 Å². The van der Waals surface area contributed by atoms with Crippen LogP contribution in [0.3, 0.4) is 0 Å². The largest absolute Gasteiger partial charge is 0.326 e. The average molecular weight is 365 g/mol. The van der Waals surface area contributed by atoms with Crippen molar-refractivity contribution in [2.75, 3.05) is 11.9 Å². The van der Waals surface area contributed by atoms with E-state index in [9.17, 15) is 13.2 Å². The summed E-state index contributed by atoms with van der Waals surface area (Å²) >= 11 is 5.83. The van der Waals surface area contributed by atoms with E-state index in [1.807, 2.05) is 18.2 Å². The lowest BCUT2D eigenvalue weighted by molar-refractivity contribution is -0.116. The highest BCUT2D eigenvalue weighted by Gasteiger charge is 2.07. The standard InChI is InChI=1S/C17H17ClN2O3S/c18-15-7-4-8-16(13-15)20-17(21)9-11-19-24(22,23)12-10-14-5-2-1-3-6-14/h1-8,10,12-13,19H,9,11H2,(H,20,21)/b12-10+. The van der Waals surface area contributed by atoms with Gasteiger partial charge in [0.25, 0.3) is 0 Å². The molecule has 0 aliphatic rings. The molecule has 7 heteroatoms. The van der Waals surface area contributed by atoms with Crippen LogP contribution in [0.1, 0.15) is 12.0 Å². The summed E-state index contributed by atoms with van der Waals surface area (Å²) < 4.78 is 26.0. The molecule has 0 aliphatic heterocycles. The first kappa shape index (κ1) is 18.2. The number of amides is 1. The Balaban J connectivity index is 1.80. The van der Waals surface area contributed by atoms with Crippen LogP contribution in [0.15, 0.2) is 60.0 Å². The van der Waals surface area contributed by atoms with E-state index in [4.69, 9.17) is 11.6 Å². The Kier molecular flexibility index (Phi) is 6.54. The van der Waals surface area contributed by atoms with Crippen LogP contribution in [-0.4, -0.2) is 20.9 Å². The lowest BCUT2D eigenvalue weighted by Gasteiger charge is -2.06. The van der Waals surface area contributed by atoms with Crippen LogP contribution < -0.4 is 10.0 Å². The summed E-state index contributed by atoms with van der Waals surface area (Å²) in [5, 5.41) is 4.24. The first-order chi connectivity index (χ1) is 11.4. The highest BCUT2D eigenvalue weighted by Crippen LogP contribution is 2.14. The molecule has 0 heterocycles. The molecule has 0 fully saturated rings. The van der Waals surface area contributed by atoms with Crippen molar-refractivity contribution in [1.29, 1.82) is 0 Å². The maximum atomic E-state index is 11.8. The minimum Gasteiger partial charge on any atom is -0.326 e. The van der Waals surface area contributed by atoms with Gasteiger partial charge in [0, 0.05) is 29.1 Å². The van der Waals surface area contributed by atoms with Gasteiger partial charge in [-0.3, -0.25) is 4.79 Å². The molecule has 5 nitrogen and oxygen atoms in total. The summed E-state index contributed by atoms with van der Waals surface area (Å²) in [7, 11) is -3.59. The molecule has 2 aromatic carbocycles. The molecule has 0 radical (unpaired) electrons. The number of hydrogen-bond donors (Lipinski definition) is 2. The minimum atomic E-state index is -3.59. The monoisotopic (exact) mass is 364 g/mol. The van der Waals surface area contributed by atoms with Gasteiger partial charge >= 0.3 is 0 Å². The van der Waals surface area contributed by atoms with Crippen molar-refractivity contribution < 1.29 is 13.2 Å². The fourth-order valence-corrected chi connectivity index (χ4v) is 2.89. The zero-order valence-corrected chi connectivity index (χ0v) is 14.3. The molecule has 0 aromatic heterocycles. The van der Waals surface area contributed by atoms with Gasteiger partial charge in [-0.25, -0.2) is 13.1 Å². The average Bonchev–Trinajstić information content (AvgIpc) is 2.54. The number of nitrogens with one attached hydrogen (secondary N) is 2. The van der Waals surface area contributed by atoms with Crippen LogP contribution in [0.4, 0.5) is 5.69 Å². The number of carbonyl (C=O) groups is 1. The highest BCUT2D eigenvalue weighted by atomic mass is 35.5. The van der Waals surface area contributed by atoms with Crippen molar-refractivity contribution in [2.24, 2.45) is 0 Å². The van der Waals surface area contributed by atoms with Crippen LogP contribution in [0.5, 0.6) is 0 Å². The summed E-state index contributed by atoms with van der Waals surface area (Å²) in [6, 6.07) is 15.8. The maximum Gasteiger partial charge on any atom is 0.233 e. The number of anilines is 1. The highest BCUT2D eigenvalue weighted by molar-refractivity contribution is 7.92. The SMILES string of the molecule is O=C(CCNS(=O)(=O)/C=C/c1ccccc1)Nc1cccc(Cl)c1. The van der Waals surface area contributed by atoms with E-state index in [1.54, 1.807) is 36.4 Å². The molecular weight excluding hydrogens is 348 g/mol. The fourth-order valence-electron chi connectivity index (χ4n) is 1.88. The second-order valence-corrected chi connectivity index (χ2v) is 7.05. The van der Waals surface area contributed by atoms with E-state index < -0.39 is 10.0 Å². The quantitative estimate of drug-likeness (QED) is 0.791. The molecule has 126 valence electrons. The predicted molar refractivity (Wildman–Crippen MR) is 97.1 cm³/mol. The topological polar surface area (TPSA) is 75.3 Å². The normalized spacial score (nSPS) is 11.5. The van der Waals surface area contributed by atoms with Gasteiger partial charge in [0.1, 0.15) is 0 Å². The molecule has 0 aliphatic carbocycles. The molecule has 24 heavy (non-hydrogen) atoms. The second-order valence-electron chi connectivity index (χ2n) is 4.96. The van der Waals surface area contributed by atoms with E-state index in [2.05, 4.69) is 10.0 Å². The van der Waals surface area contributed by atoms with Crippen molar-refractivity contribution in [3.8, 4) is 0 Å². The molecule has 1 amide bonds. The summed E-state index contributed by atoms with van der Waals surface area (Å²) in [4.78, 5) is 11.8. The summed E-state index contributed by atoms with van der Waals surface area (Å²) in [5.74, 6) is -0.299. The third-order valence-corrected chi connectivity index (χ3v) is 4.34. The van der Waals surface area contributed by atoms with Crippen LogP contribution in [0.2, 0.25) is 5.02 Å². The molecule has 2 aromatic rings. The van der Waals surface area contributed by atoms with Crippen molar-refractivity contribution >= 4 is 39.3 Å². The second kappa shape index (κ2) is 8.63. The van der Waals surface area contributed by atoms with Crippen molar-refractivity contribution in [2.45, 2.75) is 6.42 Å². The number of halogens is 1. The van der Waals surface area contributed by atoms with Crippen molar-refractivity contribution in [3.63, 3.8) is 0 Å². The Morgan fingerprint density at radius 2 is 1.83 bits per heavy atom. The van der Waals surface area contributed by atoms with Gasteiger partial charge in [-0.2, -0.15) is 0 Å². The van der Waals surface area contributed by atoms with Gasteiger partial charge in [0.15, 0.2) is 0 Å². The molecule has 2 N–H and O–H groups in total. The molecule has 0 saturated carbocycles. The Labute approximate surface area is 146 Å². The maximum absolute atomic E-state index is 11.8. The van der Waals surface area contributed by atoms with E-state index in [-0.39, 0.29) is 18.9 Å². The Morgan fingerprint density at radius 1 is 1.08 bits per heavy atom. The molecule has 2 rings (SSSR count). The fraction of sp³-hybridized carbons (Fsp3) is 0.118. The van der Waals surface area contributed by atoms with Crippen molar-refractivity contribution in [1.82, 2.24) is 4.72 Å². The molecule has 0 saturated heterocycles. The predicted octanol–water partition coefficient (Wildman–Crippen LogP) is 3.26. The van der Waals surface area contributed by atoms with Crippen LogP contribution in [0.25, 0.3) is 6.08 Å². The van der Waals surface area contributed by atoms with Gasteiger partial charge in [-0.05, 0) is 29.8 Å². The van der Waals surface area contributed by atoms with Gasteiger partial charge < -0.3 is 5.32 Å². The van der Waals surface area contributed by atoms with Gasteiger partial charge in [-0.15, -0.1) is 0 Å². The van der Waals surface area contributed by atoms with E-state index >= 15 is 0 Å². The third kappa shape index (κ3) is 6.54. The van der Waals surface area contributed by atoms with Gasteiger partial charge in [0.05, 0.1) is 0 Å². The Hall–Kier alpha value is -2.15. The number of carbonyl (C=O) groups excluding carboxylic acids is 1. The third-order valence-electron chi connectivity index (χ3n) is 3.00. The molecule has 0 spiro atoms. The van der Waals surface area contributed by atoms with Crippen molar-refractivity contribution in [3.05, 3.63) is 70.6 Å². The van der Waals surface area contributed by atoms with E-state index in [0.717, 1.165) is 11.0 Å². The first-order valence-corrected chi connectivity index (χ1v) is 9.15.